The van der Waals surface area contributed by atoms with E-state index in [1.54, 1.807) is 6.07 Å². The normalized spacial score (nSPS) is 19.2. The minimum absolute atomic E-state index is 0.112. The van der Waals surface area contributed by atoms with Gasteiger partial charge in [0.25, 0.3) is 5.91 Å². The van der Waals surface area contributed by atoms with Crippen molar-refractivity contribution in [2.45, 2.75) is 44.8 Å². The third-order valence-corrected chi connectivity index (χ3v) is 5.07. The lowest BCUT2D eigenvalue weighted by molar-refractivity contribution is 0.0885. The fourth-order valence-corrected chi connectivity index (χ4v) is 3.48. The summed E-state index contributed by atoms with van der Waals surface area (Å²) < 4.78 is 5.96. The Morgan fingerprint density at radius 1 is 1.11 bits per heavy atom. The standard InChI is InChI=1S/C22H24N4O2/c1-15-7-12-21(23-14-15)28-18-10-8-17(9-11-18)24-22(27)20-13-19(25-26-20)16-5-3-2-4-6-16/h2-7,12-14,17-18H,8-11H2,1H3,(H,24,27)(H,25,26). The van der Waals surface area contributed by atoms with Crippen molar-refractivity contribution < 1.29 is 9.53 Å². The number of carbonyl (C=O) groups excluding carboxylic acids is 1. The first kappa shape index (κ1) is 18.2. The third-order valence-electron chi connectivity index (χ3n) is 5.07. The van der Waals surface area contributed by atoms with Crippen molar-refractivity contribution in [2.75, 3.05) is 0 Å². The van der Waals surface area contributed by atoms with Crippen molar-refractivity contribution in [1.29, 1.82) is 0 Å². The Kier molecular flexibility index (Phi) is 5.37. The van der Waals surface area contributed by atoms with Crippen LogP contribution < -0.4 is 10.1 Å². The lowest BCUT2D eigenvalue weighted by atomic mass is 9.93. The van der Waals surface area contributed by atoms with Crippen molar-refractivity contribution in [3.8, 4) is 17.1 Å². The van der Waals surface area contributed by atoms with E-state index >= 15 is 0 Å². The van der Waals surface area contributed by atoms with Crippen LogP contribution in [0.3, 0.4) is 0 Å². The molecule has 0 radical (unpaired) electrons. The summed E-state index contributed by atoms with van der Waals surface area (Å²) >= 11 is 0. The number of aryl methyl sites for hydroxylation is 1. The summed E-state index contributed by atoms with van der Waals surface area (Å²) in [5, 5.41) is 10.2. The average molecular weight is 376 g/mol. The van der Waals surface area contributed by atoms with Crippen molar-refractivity contribution in [3.63, 3.8) is 0 Å². The average Bonchev–Trinajstić information content (AvgIpc) is 3.22. The molecule has 144 valence electrons. The molecule has 6 heteroatoms. The Balaban J connectivity index is 1.28. The Labute approximate surface area is 164 Å². The fraction of sp³-hybridized carbons (Fsp3) is 0.318. The summed E-state index contributed by atoms with van der Waals surface area (Å²) in [5.74, 6) is 0.559. The number of H-pyrrole nitrogens is 1. The van der Waals surface area contributed by atoms with Gasteiger partial charge in [-0.1, -0.05) is 36.4 Å². The van der Waals surface area contributed by atoms with Crippen LogP contribution in [0.4, 0.5) is 0 Å². The molecule has 4 rings (SSSR count). The van der Waals surface area contributed by atoms with Gasteiger partial charge in [0.15, 0.2) is 0 Å². The first-order valence-electron chi connectivity index (χ1n) is 9.68. The van der Waals surface area contributed by atoms with E-state index in [4.69, 9.17) is 4.74 Å². The molecule has 28 heavy (non-hydrogen) atoms. The highest BCUT2D eigenvalue weighted by Crippen LogP contribution is 2.23. The van der Waals surface area contributed by atoms with Gasteiger partial charge in [-0.05, 0) is 44.2 Å². The van der Waals surface area contributed by atoms with Gasteiger partial charge in [-0.25, -0.2) is 4.98 Å². The van der Waals surface area contributed by atoms with Crippen molar-refractivity contribution >= 4 is 5.91 Å². The number of carbonyl (C=O) groups is 1. The molecule has 0 aliphatic heterocycles. The van der Waals surface area contributed by atoms with Gasteiger partial charge in [0.05, 0.1) is 5.69 Å². The van der Waals surface area contributed by atoms with Crippen molar-refractivity contribution in [1.82, 2.24) is 20.5 Å². The predicted octanol–water partition coefficient (Wildman–Crippen LogP) is 3.90. The summed E-state index contributed by atoms with van der Waals surface area (Å²) in [6, 6.07) is 15.7. The van der Waals surface area contributed by atoms with Gasteiger partial charge in [-0.3, -0.25) is 9.89 Å². The molecule has 0 unspecified atom stereocenters. The van der Waals surface area contributed by atoms with Crippen LogP contribution in [0.15, 0.2) is 54.7 Å². The molecule has 1 amide bonds. The van der Waals surface area contributed by atoms with E-state index in [0.717, 1.165) is 42.5 Å². The first-order chi connectivity index (χ1) is 13.7. The molecule has 2 N–H and O–H groups in total. The highest BCUT2D eigenvalue weighted by Gasteiger charge is 2.24. The van der Waals surface area contributed by atoms with E-state index < -0.39 is 0 Å². The van der Waals surface area contributed by atoms with E-state index in [9.17, 15) is 4.79 Å². The highest BCUT2D eigenvalue weighted by atomic mass is 16.5. The zero-order valence-corrected chi connectivity index (χ0v) is 15.9. The number of aromatic amines is 1. The second-order valence-electron chi connectivity index (χ2n) is 7.27. The largest absolute Gasteiger partial charge is 0.474 e. The molecule has 2 heterocycles. The van der Waals surface area contributed by atoms with Gasteiger partial charge in [-0.15, -0.1) is 0 Å². The highest BCUT2D eigenvalue weighted by molar-refractivity contribution is 5.93. The molecular formula is C22H24N4O2. The predicted molar refractivity (Wildman–Crippen MR) is 107 cm³/mol. The molecule has 0 atom stereocenters. The summed E-state index contributed by atoms with van der Waals surface area (Å²) in [5.41, 5.74) is 3.36. The number of benzene rings is 1. The van der Waals surface area contributed by atoms with Crippen LogP contribution in [0.5, 0.6) is 5.88 Å². The van der Waals surface area contributed by atoms with Gasteiger partial charge in [0.2, 0.25) is 5.88 Å². The Morgan fingerprint density at radius 2 is 1.89 bits per heavy atom. The second kappa shape index (κ2) is 8.25. The first-order valence-corrected chi connectivity index (χ1v) is 9.68. The second-order valence-corrected chi connectivity index (χ2v) is 7.27. The maximum atomic E-state index is 12.5. The van der Waals surface area contributed by atoms with Crippen LogP contribution in [-0.4, -0.2) is 33.2 Å². The quantitative estimate of drug-likeness (QED) is 0.708. The number of aromatic nitrogens is 3. The molecule has 1 fully saturated rings. The monoisotopic (exact) mass is 376 g/mol. The fourth-order valence-electron chi connectivity index (χ4n) is 3.48. The van der Waals surface area contributed by atoms with E-state index in [-0.39, 0.29) is 18.1 Å². The van der Waals surface area contributed by atoms with Crippen LogP contribution in [0.1, 0.15) is 41.7 Å². The summed E-state index contributed by atoms with van der Waals surface area (Å²) in [7, 11) is 0. The molecule has 0 bridgehead atoms. The van der Waals surface area contributed by atoms with E-state index in [0.29, 0.717) is 11.6 Å². The Morgan fingerprint density at radius 3 is 2.61 bits per heavy atom. The smallest absolute Gasteiger partial charge is 0.269 e. The minimum atomic E-state index is -0.112. The van der Waals surface area contributed by atoms with Crippen molar-refractivity contribution in [3.05, 3.63) is 66.0 Å². The number of ether oxygens (including phenoxy) is 1. The van der Waals surface area contributed by atoms with Crippen LogP contribution >= 0.6 is 0 Å². The Bertz CT molecular complexity index is 913. The topological polar surface area (TPSA) is 79.9 Å². The maximum Gasteiger partial charge on any atom is 0.269 e. The number of amides is 1. The maximum absolute atomic E-state index is 12.5. The number of hydrogen-bond donors (Lipinski definition) is 2. The number of hydrogen-bond acceptors (Lipinski definition) is 4. The summed E-state index contributed by atoms with van der Waals surface area (Å²) in [4.78, 5) is 16.8. The van der Waals surface area contributed by atoms with E-state index in [2.05, 4.69) is 20.5 Å². The van der Waals surface area contributed by atoms with Crippen LogP contribution in [-0.2, 0) is 0 Å². The van der Waals surface area contributed by atoms with Crippen molar-refractivity contribution in [2.24, 2.45) is 0 Å². The lowest BCUT2D eigenvalue weighted by Crippen LogP contribution is -2.39. The molecule has 3 aromatic rings. The summed E-state index contributed by atoms with van der Waals surface area (Å²) in [6.45, 7) is 2.01. The van der Waals surface area contributed by atoms with Crippen LogP contribution in [0, 0.1) is 6.92 Å². The molecule has 1 aromatic carbocycles. The Hall–Kier alpha value is -3.15. The molecule has 1 saturated carbocycles. The zero-order valence-electron chi connectivity index (χ0n) is 15.9. The molecule has 1 aliphatic carbocycles. The zero-order chi connectivity index (χ0) is 19.3. The van der Waals surface area contributed by atoms with E-state index in [1.807, 2.05) is 55.6 Å². The SMILES string of the molecule is Cc1ccc(OC2CCC(NC(=O)c3cc(-c4ccccc4)n[nH]3)CC2)nc1. The van der Waals surface area contributed by atoms with Gasteiger partial charge < -0.3 is 10.1 Å². The molecule has 1 aliphatic rings. The number of nitrogens with one attached hydrogen (secondary N) is 2. The van der Waals surface area contributed by atoms with Crippen LogP contribution in [0.25, 0.3) is 11.3 Å². The van der Waals surface area contributed by atoms with Gasteiger partial charge in [-0.2, -0.15) is 5.10 Å². The molecule has 6 nitrogen and oxygen atoms in total. The third kappa shape index (κ3) is 4.39. The molecule has 0 saturated heterocycles. The lowest BCUT2D eigenvalue weighted by Gasteiger charge is -2.29. The van der Waals surface area contributed by atoms with E-state index in [1.165, 1.54) is 0 Å². The van der Waals surface area contributed by atoms with Gasteiger partial charge >= 0.3 is 0 Å². The number of nitrogens with zero attached hydrogens (tertiary/aromatic N) is 2. The minimum Gasteiger partial charge on any atom is -0.474 e. The molecule has 0 spiro atoms. The summed E-state index contributed by atoms with van der Waals surface area (Å²) in [6.07, 6.45) is 5.55. The number of pyridine rings is 1. The van der Waals surface area contributed by atoms with Crippen LogP contribution in [0.2, 0.25) is 0 Å². The number of rotatable bonds is 5. The van der Waals surface area contributed by atoms with Gasteiger partial charge in [0, 0.05) is 23.9 Å². The van der Waals surface area contributed by atoms with Gasteiger partial charge in [0.1, 0.15) is 11.8 Å². The molecular weight excluding hydrogens is 352 g/mol. The molecule has 2 aromatic heterocycles.